The molecule has 0 aromatic carbocycles. The van der Waals surface area contributed by atoms with E-state index in [-0.39, 0.29) is 24.0 Å². The first kappa shape index (κ1) is 25.1. The monoisotopic (exact) mass is 508 g/mol. The summed E-state index contributed by atoms with van der Waals surface area (Å²) in [5.74, 6) is 3.00. The van der Waals surface area contributed by atoms with E-state index in [4.69, 9.17) is 9.47 Å². The fraction of sp³-hybridized carbons (Fsp3) is 0.842. The summed E-state index contributed by atoms with van der Waals surface area (Å²) in [4.78, 5) is 4.25. The van der Waals surface area contributed by atoms with Gasteiger partial charge in [0, 0.05) is 46.1 Å². The first-order valence-electron chi connectivity index (χ1n) is 10.4. The fourth-order valence-electron chi connectivity index (χ4n) is 3.05. The van der Waals surface area contributed by atoms with Crippen LogP contribution in [0.3, 0.4) is 0 Å². The number of rotatable bonds is 12. The van der Waals surface area contributed by atoms with Crippen LogP contribution >= 0.6 is 24.0 Å². The lowest BCUT2D eigenvalue weighted by molar-refractivity contribution is 0.0487. The molecule has 0 fully saturated rings. The van der Waals surface area contributed by atoms with E-state index < -0.39 is 0 Å². The topological polar surface area (TPSA) is 85.6 Å². The van der Waals surface area contributed by atoms with Crippen molar-refractivity contribution in [2.45, 2.75) is 58.4 Å². The number of nitrogens with zero attached hydrogens (tertiary/aromatic N) is 4. The maximum atomic E-state index is 5.55. The molecule has 0 unspecified atom stereocenters. The van der Waals surface area contributed by atoms with E-state index in [0.717, 1.165) is 69.5 Å². The van der Waals surface area contributed by atoms with Crippen LogP contribution in [0.2, 0.25) is 0 Å². The third kappa shape index (κ3) is 9.51. The second-order valence-corrected chi connectivity index (χ2v) is 6.75. The van der Waals surface area contributed by atoms with Gasteiger partial charge in [0.05, 0.1) is 19.8 Å². The molecular weight excluding hydrogens is 471 g/mol. The Kier molecular flexibility index (Phi) is 14.3. The van der Waals surface area contributed by atoms with Gasteiger partial charge in [-0.1, -0.05) is 19.8 Å². The molecule has 162 valence electrons. The van der Waals surface area contributed by atoms with E-state index in [1.807, 2.05) is 0 Å². The van der Waals surface area contributed by atoms with Gasteiger partial charge in [-0.3, -0.25) is 4.99 Å². The Bertz CT molecular complexity index is 553. The summed E-state index contributed by atoms with van der Waals surface area (Å²) in [5, 5.41) is 15.3. The number of hydrogen-bond acceptors (Lipinski definition) is 5. The highest BCUT2D eigenvalue weighted by atomic mass is 127. The molecule has 8 nitrogen and oxygen atoms in total. The standard InChI is InChI=1S/C19H36N6O2.HI/c1-3-4-13-26-15-16-27-14-11-22-19(20-2)21-10-9-18-24-23-17-8-6-5-7-12-25(17)18;/h3-16H2,1-2H3,(H2,20,21,22);1H. The molecule has 0 radical (unpaired) electrons. The average molecular weight is 508 g/mol. The molecule has 0 atom stereocenters. The number of ether oxygens (including phenoxy) is 2. The minimum absolute atomic E-state index is 0. The van der Waals surface area contributed by atoms with Crippen molar-refractivity contribution >= 4 is 29.9 Å². The molecule has 1 aliphatic rings. The molecule has 28 heavy (non-hydrogen) atoms. The highest BCUT2D eigenvalue weighted by molar-refractivity contribution is 14.0. The van der Waals surface area contributed by atoms with Gasteiger partial charge in [0.15, 0.2) is 5.96 Å². The maximum Gasteiger partial charge on any atom is 0.191 e. The highest BCUT2D eigenvalue weighted by Crippen LogP contribution is 2.14. The van der Waals surface area contributed by atoms with Gasteiger partial charge in [0.25, 0.3) is 0 Å². The van der Waals surface area contributed by atoms with Crippen LogP contribution in [0.5, 0.6) is 0 Å². The second-order valence-electron chi connectivity index (χ2n) is 6.75. The molecule has 1 aromatic rings. The molecule has 0 aliphatic carbocycles. The van der Waals surface area contributed by atoms with Gasteiger partial charge in [0.1, 0.15) is 11.6 Å². The predicted octanol–water partition coefficient (Wildman–Crippen LogP) is 2.16. The number of halogens is 1. The summed E-state index contributed by atoms with van der Waals surface area (Å²) in [6, 6.07) is 0. The molecule has 2 heterocycles. The summed E-state index contributed by atoms with van der Waals surface area (Å²) in [6.45, 7) is 7.46. The van der Waals surface area contributed by atoms with Gasteiger partial charge in [-0.15, -0.1) is 34.2 Å². The molecule has 1 aromatic heterocycles. The summed E-state index contributed by atoms with van der Waals surface area (Å²) in [6.07, 6.45) is 7.90. The molecule has 0 bridgehead atoms. The molecule has 9 heteroatoms. The lowest BCUT2D eigenvalue weighted by Crippen LogP contribution is -2.40. The van der Waals surface area contributed by atoms with Crippen LogP contribution in [0.1, 0.15) is 50.7 Å². The van der Waals surface area contributed by atoms with Crippen LogP contribution in [0, 0.1) is 0 Å². The Balaban J connectivity index is 0.00000392. The Hall–Kier alpha value is -0.940. The third-order valence-corrected chi connectivity index (χ3v) is 4.60. The molecule has 0 saturated heterocycles. The molecule has 0 saturated carbocycles. The number of aliphatic imine (C=N–C) groups is 1. The van der Waals surface area contributed by atoms with E-state index >= 15 is 0 Å². The quantitative estimate of drug-likeness (QED) is 0.195. The number of fused-ring (bicyclic) bond motifs is 1. The zero-order chi connectivity index (χ0) is 19.2. The highest BCUT2D eigenvalue weighted by Gasteiger charge is 2.14. The van der Waals surface area contributed by atoms with Crippen molar-refractivity contribution in [3.05, 3.63) is 11.6 Å². The number of unbranched alkanes of at least 4 members (excludes halogenated alkanes) is 1. The fourth-order valence-corrected chi connectivity index (χ4v) is 3.05. The lowest BCUT2D eigenvalue weighted by Gasteiger charge is -2.12. The van der Waals surface area contributed by atoms with E-state index in [0.29, 0.717) is 19.8 Å². The Morgan fingerprint density at radius 1 is 1.04 bits per heavy atom. The summed E-state index contributed by atoms with van der Waals surface area (Å²) in [7, 11) is 1.78. The predicted molar refractivity (Wildman–Crippen MR) is 123 cm³/mol. The van der Waals surface area contributed by atoms with Crippen molar-refractivity contribution in [1.82, 2.24) is 25.4 Å². The van der Waals surface area contributed by atoms with Crippen molar-refractivity contribution in [3.63, 3.8) is 0 Å². The zero-order valence-electron chi connectivity index (χ0n) is 17.4. The number of aryl methyl sites for hydroxylation is 1. The lowest BCUT2D eigenvalue weighted by atomic mass is 10.2. The molecule has 0 spiro atoms. The van der Waals surface area contributed by atoms with E-state index in [2.05, 4.69) is 37.3 Å². The van der Waals surface area contributed by atoms with Gasteiger partial charge < -0.3 is 24.7 Å². The molecule has 2 N–H and O–H groups in total. The maximum absolute atomic E-state index is 5.55. The van der Waals surface area contributed by atoms with Crippen LogP contribution in [-0.4, -0.2) is 67.3 Å². The first-order valence-corrected chi connectivity index (χ1v) is 10.4. The minimum atomic E-state index is 0. The molecule has 1 aliphatic heterocycles. The molecule has 2 rings (SSSR count). The van der Waals surface area contributed by atoms with Crippen molar-refractivity contribution in [2.75, 3.05) is 46.6 Å². The number of guanidine groups is 1. The van der Waals surface area contributed by atoms with Crippen LogP contribution in [0.25, 0.3) is 0 Å². The summed E-state index contributed by atoms with van der Waals surface area (Å²) < 4.78 is 13.3. The van der Waals surface area contributed by atoms with Gasteiger partial charge in [-0.05, 0) is 19.3 Å². The van der Waals surface area contributed by atoms with Gasteiger partial charge in [0.2, 0.25) is 0 Å². The Labute approximate surface area is 186 Å². The van der Waals surface area contributed by atoms with Crippen LogP contribution < -0.4 is 10.6 Å². The van der Waals surface area contributed by atoms with Crippen LogP contribution in [0.4, 0.5) is 0 Å². The van der Waals surface area contributed by atoms with Gasteiger partial charge in [-0.25, -0.2) is 0 Å². The zero-order valence-corrected chi connectivity index (χ0v) is 19.7. The SMILES string of the molecule is CCCCOCCOCCNC(=NC)NCCc1nnc2n1CCCCC2.I. The van der Waals surface area contributed by atoms with Crippen molar-refractivity contribution in [1.29, 1.82) is 0 Å². The molecule has 0 amide bonds. The summed E-state index contributed by atoms with van der Waals surface area (Å²) in [5.41, 5.74) is 0. The number of hydrogen-bond donors (Lipinski definition) is 2. The van der Waals surface area contributed by atoms with Crippen LogP contribution in [-0.2, 0) is 28.9 Å². The first-order chi connectivity index (χ1) is 13.3. The summed E-state index contributed by atoms with van der Waals surface area (Å²) >= 11 is 0. The smallest absolute Gasteiger partial charge is 0.191 e. The number of aromatic nitrogens is 3. The number of nitrogens with one attached hydrogen (secondary N) is 2. The Morgan fingerprint density at radius 2 is 1.82 bits per heavy atom. The average Bonchev–Trinajstić information content (AvgIpc) is 2.91. The Morgan fingerprint density at radius 3 is 2.61 bits per heavy atom. The third-order valence-electron chi connectivity index (χ3n) is 4.60. The largest absolute Gasteiger partial charge is 0.379 e. The van der Waals surface area contributed by atoms with Crippen molar-refractivity contribution < 1.29 is 9.47 Å². The van der Waals surface area contributed by atoms with E-state index in [1.165, 1.54) is 19.3 Å². The van der Waals surface area contributed by atoms with E-state index in [1.54, 1.807) is 7.05 Å². The van der Waals surface area contributed by atoms with Gasteiger partial charge >= 0.3 is 0 Å². The van der Waals surface area contributed by atoms with Crippen molar-refractivity contribution in [2.24, 2.45) is 4.99 Å². The minimum Gasteiger partial charge on any atom is -0.379 e. The van der Waals surface area contributed by atoms with E-state index in [9.17, 15) is 0 Å². The normalized spacial score (nSPS) is 14.1. The van der Waals surface area contributed by atoms with Crippen molar-refractivity contribution in [3.8, 4) is 0 Å². The van der Waals surface area contributed by atoms with Crippen LogP contribution in [0.15, 0.2) is 4.99 Å². The molecular formula is C19H37IN6O2. The van der Waals surface area contributed by atoms with Gasteiger partial charge in [-0.2, -0.15) is 0 Å². The second kappa shape index (κ2) is 15.9.